The summed E-state index contributed by atoms with van der Waals surface area (Å²) in [6.07, 6.45) is 0. The van der Waals surface area contributed by atoms with Crippen LogP contribution in [0.15, 0.2) is 10.6 Å². The summed E-state index contributed by atoms with van der Waals surface area (Å²) in [6.45, 7) is 5.63. The zero-order valence-electron chi connectivity index (χ0n) is 14.2. The van der Waals surface area contributed by atoms with Crippen LogP contribution >= 0.6 is 0 Å². The average molecular weight is 335 g/mol. The Labute approximate surface area is 139 Å². The van der Waals surface area contributed by atoms with Gasteiger partial charge in [-0.3, -0.25) is 9.59 Å². The van der Waals surface area contributed by atoms with E-state index < -0.39 is 18.4 Å². The lowest BCUT2D eigenvalue weighted by atomic mass is 10.0. The van der Waals surface area contributed by atoms with Gasteiger partial charge in [-0.1, -0.05) is 19.0 Å². The highest BCUT2D eigenvalue weighted by atomic mass is 16.5. The third-order valence-corrected chi connectivity index (χ3v) is 3.64. The molecule has 0 spiro atoms. The molecule has 2 heterocycles. The number of carboxylic acids is 1. The topological polar surface area (TPSA) is 106 Å². The molecular weight excluding hydrogens is 314 g/mol. The lowest BCUT2D eigenvalue weighted by molar-refractivity contribution is -0.137. The first-order valence-electron chi connectivity index (χ1n) is 7.62. The molecule has 1 N–H and O–H groups in total. The molecule has 0 atom stereocenters. The molecule has 1 amide bonds. The predicted octanol–water partition coefficient (Wildman–Crippen LogP) is 1.83. The molecular formula is C16H21N3O5. The summed E-state index contributed by atoms with van der Waals surface area (Å²) in [5, 5.41) is 13.5. The highest BCUT2D eigenvalue weighted by Gasteiger charge is 2.25. The number of methoxy groups -OCH3 is 1. The minimum atomic E-state index is -1.09. The van der Waals surface area contributed by atoms with Gasteiger partial charge in [-0.05, 0) is 18.9 Å². The SMILES string of the molecule is COCCN(CC(=O)O)C(=O)c1cc(C(C)C)nc2onc(C)c12. The van der Waals surface area contributed by atoms with Crippen molar-refractivity contribution in [3.05, 3.63) is 23.0 Å². The van der Waals surface area contributed by atoms with E-state index in [0.717, 1.165) is 0 Å². The molecule has 0 aliphatic heterocycles. The van der Waals surface area contributed by atoms with Gasteiger partial charge in [0.2, 0.25) is 0 Å². The standard InChI is InChI=1S/C16H21N3O5/c1-9(2)12-7-11(14-10(3)18-24-15(14)17-12)16(22)19(5-6-23-4)8-13(20)21/h7,9H,5-6,8H2,1-4H3,(H,20,21). The molecule has 0 radical (unpaired) electrons. The number of amides is 1. The minimum Gasteiger partial charge on any atom is -0.480 e. The number of pyridine rings is 1. The highest BCUT2D eigenvalue weighted by molar-refractivity contribution is 6.06. The number of hydrogen-bond acceptors (Lipinski definition) is 6. The fourth-order valence-corrected chi connectivity index (χ4v) is 2.37. The van der Waals surface area contributed by atoms with E-state index in [1.165, 1.54) is 12.0 Å². The minimum absolute atomic E-state index is 0.0817. The monoisotopic (exact) mass is 335 g/mol. The van der Waals surface area contributed by atoms with Gasteiger partial charge in [-0.15, -0.1) is 0 Å². The third-order valence-electron chi connectivity index (χ3n) is 3.64. The first-order chi connectivity index (χ1) is 11.3. The van der Waals surface area contributed by atoms with Gasteiger partial charge in [0.1, 0.15) is 6.54 Å². The largest absolute Gasteiger partial charge is 0.480 e. The number of aromatic nitrogens is 2. The first kappa shape index (κ1) is 17.9. The summed E-state index contributed by atoms with van der Waals surface area (Å²) in [4.78, 5) is 29.6. The Balaban J connectivity index is 2.52. The van der Waals surface area contributed by atoms with Gasteiger partial charge in [0.05, 0.1) is 23.3 Å². The number of hydrogen-bond donors (Lipinski definition) is 1. The first-order valence-corrected chi connectivity index (χ1v) is 7.62. The normalized spacial score (nSPS) is 11.2. The molecule has 0 aliphatic carbocycles. The van der Waals surface area contributed by atoms with E-state index in [0.29, 0.717) is 22.3 Å². The van der Waals surface area contributed by atoms with Crippen LogP contribution in [0, 0.1) is 6.92 Å². The maximum Gasteiger partial charge on any atom is 0.323 e. The Hall–Kier alpha value is -2.48. The fraction of sp³-hybridized carbons (Fsp3) is 0.500. The lowest BCUT2D eigenvalue weighted by Crippen LogP contribution is -2.38. The van der Waals surface area contributed by atoms with Crippen molar-refractivity contribution in [2.75, 3.05) is 26.8 Å². The second-order valence-electron chi connectivity index (χ2n) is 5.81. The molecule has 0 saturated carbocycles. The van der Waals surface area contributed by atoms with E-state index in [4.69, 9.17) is 14.4 Å². The second kappa shape index (κ2) is 7.39. The fourth-order valence-electron chi connectivity index (χ4n) is 2.37. The summed E-state index contributed by atoms with van der Waals surface area (Å²) < 4.78 is 10.2. The molecule has 8 heteroatoms. The molecule has 0 unspecified atom stereocenters. The molecule has 24 heavy (non-hydrogen) atoms. The van der Waals surface area contributed by atoms with Gasteiger partial charge in [0.25, 0.3) is 11.6 Å². The molecule has 2 aromatic rings. The number of fused-ring (bicyclic) bond motifs is 1. The van der Waals surface area contributed by atoms with Gasteiger partial charge in [0, 0.05) is 19.3 Å². The maximum atomic E-state index is 12.9. The van der Waals surface area contributed by atoms with E-state index in [9.17, 15) is 9.59 Å². The molecule has 0 aromatic carbocycles. The Morgan fingerprint density at radius 2 is 2.12 bits per heavy atom. The van der Waals surface area contributed by atoms with Crippen molar-refractivity contribution in [2.45, 2.75) is 26.7 Å². The van der Waals surface area contributed by atoms with Crippen LogP contribution in [-0.2, 0) is 9.53 Å². The van der Waals surface area contributed by atoms with Crippen LogP contribution in [0.4, 0.5) is 0 Å². The number of carbonyl (C=O) groups is 2. The van der Waals surface area contributed by atoms with Crippen molar-refractivity contribution in [3.8, 4) is 0 Å². The van der Waals surface area contributed by atoms with E-state index in [2.05, 4.69) is 10.1 Å². The molecule has 0 aliphatic rings. The summed E-state index contributed by atoms with van der Waals surface area (Å²) in [5.74, 6) is -1.41. The van der Waals surface area contributed by atoms with Crippen molar-refractivity contribution in [3.63, 3.8) is 0 Å². The lowest BCUT2D eigenvalue weighted by Gasteiger charge is -2.21. The van der Waals surface area contributed by atoms with Crippen LogP contribution in [0.1, 0.15) is 41.5 Å². The van der Waals surface area contributed by atoms with Crippen molar-refractivity contribution in [1.82, 2.24) is 15.0 Å². The van der Waals surface area contributed by atoms with Crippen LogP contribution in [-0.4, -0.2) is 58.8 Å². The molecule has 0 saturated heterocycles. The number of aliphatic carboxylic acids is 1. The van der Waals surface area contributed by atoms with Crippen LogP contribution < -0.4 is 0 Å². The number of carbonyl (C=O) groups excluding carboxylic acids is 1. The van der Waals surface area contributed by atoms with E-state index in [1.807, 2.05) is 13.8 Å². The summed E-state index contributed by atoms with van der Waals surface area (Å²) in [5.41, 5.74) is 1.85. The highest BCUT2D eigenvalue weighted by Crippen LogP contribution is 2.26. The predicted molar refractivity (Wildman–Crippen MR) is 86.0 cm³/mol. The van der Waals surface area contributed by atoms with Crippen molar-refractivity contribution in [1.29, 1.82) is 0 Å². The molecule has 130 valence electrons. The van der Waals surface area contributed by atoms with Crippen LogP contribution in [0.3, 0.4) is 0 Å². The smallest absolute Gasteiger partial charge is 0.323 e. The summed E-state index contributed by atoms with van der Waals surface area (Å²) in [6, 6.07) is 1.68. The Kier molecular flexibility index (Phi) is 5.50. The number of aryl methyl sites for hydroxylation is 1. The molecule has 0 bridgehead atoms. The van der Waals surface area contributed by atoms with Crippen LogP contribution in [0.2, 0.25) is 0 Å². The quantitative estimate of drug-likeness (QED) is 0.822. The third kappa shape index (κ3) is 3.70. The number of carboxylic acid groups (broad SMARTS) is 1. The Morgan fingerprint density at radius 1 is 1.42 bits per heavy atom. The molecule has 0 fully saturated rings. The number of ether oxygens (including phenoxy) is 1. The van der Waals surface area contributed by atoms with E-state index >= 15 is 0 Å². The Morgan fingerprint density at radius 3 is 2.71 bits per heavy atom. The van der Waals surface area contributed by atoms with Gasteiger partial charge in [-0.25, -0.2) is 4.98 Å². The summed E-state index contributed by atoms with van der Waals surface area (Å²) >= 11 is 0. The number of rotatable bonds is 7. The van der Waals surface area contributed by atoms with Gasteiger partial charge < -0.3 is 19.3 Å². The van der Waals surface area contributed by atoms with Gasteiger partial charge in [0.15, 0.2) is 0 Å². The van der Waals surface area contributed by atoms with Crippen LogP contribution in [0.5, 0.6) is 0 Å². The van der Waals surface area contributed by atoms with Gasteiger partial charge >= 0.3 is 5.97 Å². The van der Waals surface area contributed by atoms with Crippen molar-refractivity contribution in [2.24, 2.45) is 0 Å². The zero-order valence-corrected chi connectivity index (χ0v) is 14.2. The summed E-state index contributed by atoms with van der Waals surface area (Å²) in [7, 11) is 1.50. The molecule has 8 nitrogen and oxygen atoms in total. The molecule has 2 rings (SSSR count). The maximum absolute atomic E-state index is 12.9. The molecule has 2 aromatic heterocycles. The average Bonchev–Trinajstić information content (AvgIpc) is 2.91. The second-order valence-corrected chi connectivity index (χ2v) is 5.81. The zero-order chi connectivity index (χ0) is 17.9. The number of nitrogens with zero attached hydrogens (tertiary/aromatic N) is 3. The van der Waals surface area contributed by atoms with E-state index in [1.54, 1.807) is 13.0 Å². The van der Waals surface area contributed by atoms with Gasteiger partial charge in [-0.2, -0.15) is 0 Å². The van der Waals surface area contributed by atoms with Crippen LogP contribution in [0.25, 0.3) is 11.1 Å². The van der Waals surface area contributed by atoms with Crippen molar-refractivity contribution < 1.29 is 24.0 Å². The Bertz CT molecular complexity index is 753. The van der Waals surface area contributed by atoms with Crippen molar-refractivity contribution >= 4 is 23.0 Å². The van der Waals surface area contributed by atoms with E-state index in [-0.39, 0.29) is 24.8 Å².